The number of carbonyl (C=O) groups excluding carboxylic acids is 1. The maximum Gasteiger partial charge on any atom is 0.316 e. The van der Waals surface area contributed by atoms with Gasteiger partial charge in [0.1, 0.15) is 6.61 Å². The minimum Gasteiger partial charge on any atom is -0.465 e. The summed E-state index contributed by atoms with van der Waals surface area (Å²) in [5.74, 6) is 0.652. The molecule has 0 aliphatic rings. The second-order valence-corrected chi connectivity index (χ2v) is 5.45. The van der Waals surface area contributed by atoms with E-state index >= 15 is 0 Å². The standard InChI is InChI=1S/C15H19N3O3S/c1-3-9-21-14(19)11-22-15-17-16-13(10-20-2)18(15)12-7-5-4-6-8-12/h4-8H,3,9-11H2,1-2H3. The van der Waals surface area contributed by atoms with Crippen LogP contribution in [-0.2, 0) is 20.9 Å². The van der Waals surface area contributed by atoms with Crippen LogP contribution in [0.25, 0.3) is 5.69 Å². The minimum absolute atomic E-state index is 0.206. The third kappa shape index (κ3) is 4.32. The van der Waals surface area contributed by atoms with Crippen LogP contribution < -0.4 is 0 Å². The van der Waals surface area contributed by atoms with Gasteiger partial charge < -0.3 is 9.47 Å². The fourth-order valence-corrected chi connectivity index (χ4v) is 2.60. The van der Waals surface area contributed by atoms with Gasteiger partial charge in [-0.15, -0.1) is 10.2 Å². The smallest absolute Gasteiger partial charge is 0.316 e. The Morgan fingerprint density at radius 3 is 2.73 bits per heavy atom. The molecule has 0 spiro atoms. The quantitative estimate of drug-likeness (QED) is 0.549. The zero-order valence-corrected chi connectivity index (χ0v) is 13.5. The third-order valence-corrected chi connectivity index (χ3v) is 3.68. The lowest BCUT2D eigenvalue weighted by molar-refractivity contribution is -0.140. The van der Waals surface area contributed by atoms with Crippen LogP contribution in [0.5, 0.6) is 0 Å². The molecule has 22 heavy (non-hydrogen) atoms. The molecule has 1 aromatic carbocycles. The second kappa shape index (κ2) is 8.55. The van der Waals surface area contributed by atoms with Crippen molar-refractivity contribution >= 4 is 17.7 Å². The molecular formula is C15H19N3O3S. The summed E-state index contributed by atoms with van der Waals surface area (Å²) in [6.07, 6.45) is 0.814. The van der Waals surface area contributed by atoms with E-state index in [0.717, 1.165) is 12.1 Å². The van der Waals surface area contributed by atoms with Crippen LogP contribution in [0.2, 0.25) is 0 Å². The Kier molecular flexibility index (Phi) is 6.42. The fourth-order valence-electron chi connectivity index (χ4n) is 1.83. The number of esters is 1. The first kappa shape index (κ1) is 16.5. The van der Waals surface area contributed by atoms with E-state index < -0.39 is 0 Å². The lowest BCUT2D eigenvalue weighted by Gasteiger charge is -2.09. The Balaban J connectivity index is 2.16. The lowest BCUT2D eigenvalue weighted by atomic mass is 10.3. The van der Waals surface area contributed by atoms with Crippen molar-refractivity contribution in [1.29, 1.82) is 0 Å². The first-order valence-electron chi connectivity index (χ1n) is 7.03. The molecule has 0 saturated carbocycles. The van der Waals surface area contributed by atoms with Crippen molar-refractivity contribution in [2.75, 3.05) is 19.5 Å². The average molecular weight is 321 g/mol. The maximum absolute atomic E-state index is 11.6. The molecule has 7 heteroatoms. The molecule has 0 aliphatic heterocycles. The van der Waals surface area contributed by atoms with E-state index in [4.69, 9.17) is 9.47 Å². The number of hydrogen-bond acceptors (Lipinski definition) is 6. The summed E-state index contributed by atoms with van der Waals surface area (Å²) in [7, 11) is 1.61. The molecule has 2 rings (SSSR count). The minimum atomic E-state index is -0.247. The van der Waals surface area contributed by atoms with E-state index in [1.165, 1.54) is 11.8 Å². The average Bonchev–Trinajstić information content (AvgIpc) is 2.95. The summed E-state index contributed by atoms with van der Waals surface area (Å²) >= 11 is 1.31. The van der Waals surface area contributed by atoms with Crippen molar-refractivity contribution in [3.8, 4) is 5.69 Å². The van der Waals surface area contributed by atoms with E-state index in [9.17, 15) is 4.79 Å². The van der Waals surface area contributed by atoms with Crippen LogP contribution in [0.3, 0.4) is 0 Å². The normalized spacial score (nSPS) is 10.6. The maximum atomic E-state index is 11.6. The topological polar surface area (TPSA) is 66.2 Å². The molecule has 1 heterocycles. The van der Waals surface area contributed by atoms with Gasteiger partial charge in [0.15, 0.2) is 11.0 Å². The summed E-state index contributed by atoms with van der Waals surface area (Å²) < 4.78 is 12.1. The highest BCUT2D eigenvalue weighted by Crippen LogP contribution is 2.22. The largest absolute Gasteiger partial charge is 0.465 e. The molecule has 6 nitrogen and oxygen atoms in total. The van der Waals surface area contributed by atoms with Gasteiger partial charge in [-0.1, -0.05) is 36.9 Å². The van der Waals surface area contributed by atoms with E-state index in [0.29, 0.717) is 24.2 Å². The number of aromatic nitrogens is 3. The number of rotatable bonds is 8. The predicted octanol–water partition coefficient (Wildman–Crippen LogP) is 2.46. The number of methoxy groups -OCH3 is 1. The molecule has 0 N–H and O–H groups in total. The van der Waals surface area contributed by atoms with E-state index in [1.807, 2.05) is 41.8 Å². The van der Waals surface area contributed by atoms with Gasteiger partial charge in [-0.2, -0.15) is 0 Å². The predicted molar refractivity (Wildman–Crippen MR) is 84.0 cm³/mol. The molecule has 1 aromatic heterocycles. The van der Waals surface area contributed by atoms with Crippen LogP contribution in [0.4, 0.5) is 0 Å². The summed E-state index contributed by atoms with van der Waals surface area (Å²) in [5.41, 5.74) is 0.934. The monoisotopic (exact) mass is 321 g/mol. The van der Waals surface area contributed by atoms with Gasteiger partial charge in [-0.25, -0.2) is 0 Å². The molecule has 118 valence electrons. The van der Waals surface area contributed by atoms with Crippen LogP contribution in [0.1, 0.15) is 19.2 Å². The van der Waals surface area contributed by atoms with Gasteiger partial charge in [0, 0.05) is 12.8 Å². The molecular weight excluding hydrogens is 302 g/mol. The van der Waals surface area contributed by atoms with Crippen LogP contribution >= 0.6 is 11.8 Å². The van der Waals surface area contributed by atoms with Crippen molar-refractivity contribution in [2.45, 2.75) is 25.1 Å². The van der Waals surface area contributed by atoms with E-state index in [-0.39, 0.29) is 11.7 Å². The molecule has 0 fully saturated rings. The number of carbonyl (C=O) groups is 1. The third-order valence-electron chi connectivity index (χ3n) is 2.77. The Bertz CT molecular complexity index is 601. The molecule has 0 aliphatic carbocycles. The fraction of sp³-hybridized carbons (Fsp3) is 0.400. The summed E-state index contributed by atoms with van der Waals surface area (Å²) in [6.45, 7) is 2.76. The number of ether oxygens (including phenoxy) is 2. The number of hydrogen-bond donors (Lipinski definition) is 0. The highest BCUT2D eigenvalue weighted by Gasteiger charge is 2.15. The van der Waals surface area contributed by atoms with Crippen molar-refractivity contribution in [2.24, 2.45) is 0 Å². The Labute approximate surface area is 133 Å². The van der Waals surface area contributed by atoms with Crippen molar-refractivity contribution in [3.05, 3.63) is 36.2 Å². The van der Waals surface area contributed by atoms with Gasteiger partial charge in [0.2, 0.25) is 0 Å². The summed E-state index contributed by atoms with van der Waals surface area (Å²) in [4.78, 5) is 11.6. The van der Waals surface area contributed by atoms with Crippen molar-refractivity contribution in [1.82, 2.24) is 14.8 Å². The van der Waals surface area contributed by atoms with Crippen LogP contribution in [0.15, 0.2) is 35.5 Å². The molecule has 0 bridgehead atoms. The van der Waals surface area contributed by atoms with Crippen molar-refractivity contribution < 1.29 is 14.3 Å². The Hall–Kier alpha value is -1.86. The van der Waals surface area contributed by atoms with Crippen molar-refractivity contribution in [3.63, 3.8) is 0 Å². The molecule has 0 atom stereocenters. The number of thioether (sulfide) groups is 1. The second-order valence-electron chi connectivity index (χ2n) is 4.51. The summed E-state index contributed by atoms with van der Waals surface area (Å²) in [6, 6.07) is 9.74. The Morgan fingerprint density at radius 2 is 2.05 bits per heavy atom. The van der Waals surface area contributed by atoms with Gasteiger partial charge in [-0.3, -0.25) is 9.36 Å². The van der Waals surface area contributed by atoms with Crippen LogP contribution in [0, 0.1) is 0 Å². The SMILES string of the molecule is CCCOC(=O)CSc1nnc(COC)n1-c1ccccc1. The van der Waals surface area contributed by atoms with Gasteiger partial charge in [0.05, 0.1) is 12.4 Å². The summed E-state index contributed by atoms with van der Waals surface area (Å²) in [5, 5.41) is 8.93. The van der Waals surface area contributed by atoms with E-state index in [2.05, 4.69) is 10.2 Å². The number of benzene rings is 1. The molecule has 0 saturated heterocycles. The first-order chi connectivity index (χ1) is 10.8. The highest BCUT2D eigenvalue weighted by molar-refractivity contribution is 7.99. The lowest BCUT2D eigenvalue weighted by Crippen LogP contribution is -2.09. The number of para-hydroxylation sites is 1. The van der Waals surface area contributed by atoms with E-state index in [1.54, 1.807) is 7.11 Å². The van der Waals surface area contributed by atoms with Gasteiger partial charge >= 0.3 is 5.97 Å². The first-order valence-corrected chi connectivity index (χ1v) is 8.02. The van der Waals surface area contributed by atoms with Crippen LogP contribution in [-0.4, -0.2) is 40.2 Å². The zero-order chi connectivity index (χ0) is 15.8. The zero-order valence-electron chi connectivity index (χ0n) is 12.7. The van der Waals surface area contributed by atoms with Gasteiger partial charge in [0.25, 0.3) is 0 Å². The van der Waals surface area contributed by atoms with Gasteiger partial charge in [-0.05, 0) is 18.6 Å². The molecule has 0 amide bonds. The molecule has 2 aromatic rings. The Morgan fingerprint density at radius 1 is 1.27 bits per heavy atom. The molecule has 0 radical (unpaired) electrons. The highest BCUT2D eigenvalue weighted by atomic mass is 32.2. The number of nitrogens with zero attached hydrogens (tertiary/aromatic N) is 3. The molecule has 0 unspecified atom stereocenters.